The molecule has 9 aromatic rings. The van der Waals surface area contributed by atoms with Crippen molar-refractivity contribution >= 4 is 75.0 Å². The minimum absolute atomic E-state index is 0.207. The molecular formula is C38H22OS. The number of furan rings is 1. The minimum atomic E-state index is -0.398. The zero-order chi connectivity index (χ0) is 30.6. The fourth-order valence-electron chi connectivity index (χ4n) is 6.35. The van der Waals surface area contributed by atoms with Crippen LogP contribution in [0, 0.1) is 0 Å². The molecule has 0 amide bonds. The van der Waals surface area contributed by atoms with Crippen LogP contribution in [-0.2, 0) is 0 Å². The molecule has 0 spiro atoms. The van der Waals surface area contributed by atoms with E-state index in [9.17, 15) is 0 Å². The van der Waals surface area contributed by atoms with Gasteiger partial charge in [-0.2, -0.15) is 0 Å². The molecule has 0 aliphatic carbocycles. The van der Waals surface area contributed by atoms with Crippen LogP contribution in [0.3, 0.4) is 0 Å². The van der Waals surface area contributed by atoms with Gasteiger partial charge in [0.1, 0.15) is 11.2 Å². The highest BCUT2D eigenvalue weighted by Crippen LogP contribution is 2.50. The fourth-order valence-corrected chi connectivity index (χ4v) is 7.50. The summed E-state index contributed by atoms with van der Waals surface area (Å²) in [5.41, 5.74) is 4.57. The number of hydrogen-bond acceptors (Lipinski definition) is 2. The number of thiophene rings is 1. The predicted molar refractivity (Wildman–Crippen MR) is 172 cm³/mol. The summed E-state index contributed by atoms with van der Waals surface area (Å²) in [5.74, 6) is 0. The van der Waals surface area contributed by atoms with Crippen molar-refractivity contribution in [1.82, 2.24) is 0 Å². The van der Waals surface area contributed by atoms with Gasteiger partial charge in [0.05, 0.1) is 6.85 Å². The molecule has 2 heterocycles. The fraction of sp³-hybridized carbons (Fsp3) is 0. The van der Waals surface area contributed by atoms with Crippen LogP contribution in [0.2, 0.25) is 0 Å². The summed E-state index contributed by atoms with van der Waals surface area (Å²) in [6.07, 6.45) is 0. The van der Waals surface area contributed by atoms with Crippen molar-refractivity contribution in [2.24, 2.45) is 0 Å². The highest BCUT2D eigenvalue weighted by Gasteiger charge is 2.23. The standard InChI is InChI=1S/C38H22OS/c1-2-12-23(13-3-1)34-24-14-4-6-16-26(24)35(27-17-7-5-15-25(27)34)30-22-33-37(29-19-9-11-21-32(29)40-33)38-36(30)28-18-8-10-20-31(28)39-38/h1-22H/i1D,2D,3D,12D,13D. The van der Waals surface area contributed by atoms with Crippen LogP contribution in [0.4, 0.5) is 0 Å². The second kappa shape index (κ2) is 8.29. The Bertz CT molecular complexity index is 2640. The first kappa shape index (κ1) is 17.6. The lowest BCUT2D eigenvalue weighted by Gasteiger charge is -2.18. The highest BCUT2D eigenvalue weighted by molar-refractivity contribution is 7.26. The van der Waals surface area contributed by atoms with Gasteiger partial charge < -0.3 is 4.42 Å². The molecule has 2 heteroatoms. The molecule has 40 heavy (non-hydrogen) atoms. The Morgan fingerprint density at radius 2 is 1.10 bits per heavy atom. The van der Waals surface area contributed by atoms with Crippen molar-refractivity contribution in [1.29, 1.82) is 0 Å². The summed E-state index contributed by atoms with van der Waals surface area (Å²) in [6, 6.07) is 33.3. The van der Waals surface area contributed by atoms with E-state index in [-0.39, 0.29) is 29.7 Å². The molecule has 1 nitrogen and oxygen atoms in total. The van der Waals surface area contributed by atoms with E-state index in [1.165, 1.54) is 10.1 Å². The molecule has 0 N–H and O–H groups in total. The van der Waals surface area contributed by atoms with Gasteiger partial charge in [0.25, 0.3) is 0 Å². The van der Waals surface area contributed by atoms with Gasteiger partial charge in [-0.15, -0.1) is 11.3 Å². The molecule has 2 aromatic heterocycles. The SMILES string of the molecule is [2H]c1c([2H])c([2H])c(-c2c3ccccc3c(-c3cc4sc5ccccc5c4c4oc5ccccc5c34)c3ccccc23)c([2H])c1[2H]. The molecule has 0 aliphatic rings. The van der Waals surface area contributed by atoms with E-state index in [0.717, 1.165) is 64.7 Å². The Morgan fingerprint density at radius 3 is 1.80 bits per heavy atom. The zero-order valence-electron chi connectivity index (χ0n) is 26.1. The van der Waals surface area contributed by atoms with Crippen molar-refractivity contribution < 1.29 is 11.3 Å². The van der Waals surface area contributed by atoms with Crippen LogP contribution in [0.25, 0.3) is 85.9 Å². The van der Waals surface area contributed by atoms with Crippen molar-refractivity contribution in [2.45, 2.75) is 0 Å². The first-order chi connectivity index (χ1) is 21.9. The second-order valence-corrected chi connectivity index (χ2v) is 11.1. The lowest BCUT2D eigenvalue weighted by atomic mass is 9.84. The average molecular weight is 532 g/mol. The van der Waals surface area contributed by atoms with Crippen molar-refractivity contribution in [3.63, 3.8) is 0 Å². The van der Waals surface area contributed by atoms with Gasteiger partial charge in [0.15, 0.2) is 0 Å². The van der Waals surface area contributed by atoms with E-state index >= 15 is 0 Å². The number of benzene rings is 7. The lowest BCUT2D eigenvalue weighted by molar-refractivity contribution is 0.673. The molecule has 0 saturated heterocycles. The smallest absolute Gasteiger partial charge is 0.145 e. The van der Waals surface area contributed by atoms with Crippen LogP contribution in [-0.4, -0.2) is 0 Å². The molecule has 0 atom stereocenters. The lowest BCUT2D eigenvalue weighted by Crippen LogP contribution is -1.91. The van der Waals surface area contributed by atoms with Gasteiger partial charge in [-0.25, -0.2) is 0 Å². The Morgan fingerprint density at radius 1 is 0.525 bits per heavy atom. The third kappa shape index (κ3) is 2.97. The van der Waals surface area contributed by atoms with Gasteiger partial charge in [-0.3, -0.25) is 0 Å². The quantitative estimate of drug-likeness (QED) is 0.202. The third-order valence-electron chi connectivity index (χ3n) is 7.94. The number of para-hydroxylation sites is 1. The first-order valence-electron chi connectivity index (χ1n) is 15.7. The van der Waals surface area contributed by atoms with Gasteiger partial charge in [0.2, 0.25) is 0 Å². The number of fused-ring (bicyclic) bond motifs is 9. The van der Waals surface area contributed by atoms with Crippen molar-refractivity contribution in [2.75, 3.05) is 0 Å². The third-order valence-corrected chi connectivity index (χ3v) is 9.06. The summed E-state index contributed by atoms with van der Waals surface area (Å²) < 4.78 is 51.8. The Labute approximate surface area is 241 Å². The molecule has 186 valence electrons. The Hall–Kier alpha value is -4.92. The first-order valence-corrected chi connectivity index (χ1v) is 14.0. The van der Waals surface area contributed by atoms with E-state index < -0.39 is 6.04 Å². The van der Waals surface area contributed by atoms with Gasteiger partial charge >= 0.3 is 0 Å². The Kier molecular flexibility index (Phi) is 3.65. The average Bonchev–Trinajstić information content (AvgIpc) is 3.64. The maximum Gasteiger partial charge on any atom is 0.145 e. The second-order valence-electron chi connectivity index (χ2n) is 10.0. The maximum absolute atomic E-state index is 8.88. The number of hydrogen-bond donors (Lipinski definition) is 0. The van der Waals surface area contributed by atoms with Gasteiger partial charge in [0, 0.05) is 30.9 Å². The predicted octanol–water partition coefficient (Wildman–Crippen LogP) is 11.6. The summed E-state index contributed by atoms with van der Waals surface area (Å²) in [6.45, 7) is 0. The van der Waals surface area contributed by atoms with Crippen LogP contribution >= 0.6 is 11.3 Å². The van der Waals surface area contributed by atoms with Gasteiger partial charge in [-0.05, 0) is 62.0 Å². The van der Waals surface area contributed by atoms with E-state index in [1.54, 1.807) is 11.3 Å². The molecule has 9 rings (SSSR count). The molecule has 7 aromatic carbocycles. The van der Waals surface area contributed by atoms with E-state index in [1.807, 2.05) is 54.6 Å². The van der Waals surface area contributed by atoms with Gasteiger partial charge in [-0.1, -0.05) is 115 Å². The monoisotopic (exact) mass is 531 g/mol. The van der Waals surface area contributed by atoms with Crippen molar-refractivity contribution in [3.05, 3.63) is 133 Å². The summed E-state index contributed by atoms with van der Waals surface area (Å²) in [7, 11) is 0. The van der Waals surface area contributed by atoms with Crippen LogP contribution in [0.5, 0.6) is 0 Å². The van der Waals surface area contributed by atoms with E-state index in [4.69, 9.17) is 11.3 Å². The molecule has 0 unspecified atom stereocenters. The van der Waals surface area contributed by atoms with Crippen LogP contribution in [0.1, 0.15) is 6.85 Å². The van der Waals surface area contributed by atoms with E-state index in [2.05, 4.69) is 48.5 Å². The summed E-state index contributed by atoms with van der Waals surface area (Å²) in [4.78, 5) is 0. The zero-order valence-corrected chi connectivity index (χ0v) is 21.9. The molecule has 0 fully saturated rings. The van der Waals surface area contributed by atoms with Crippen LogP contribution < -0.4 is 0 Å². The highest BCUT2D eigenvalue weighted by atomic mass is 32.1. The van der Waals surface area contributed by atoms with Crippen LogP contribution in [0.15, 0.2) is 138 Å². The summed E-state index contributed by atoms with van der Waals surface area (Å²) >= 11 is 1.75. The molecule has 0 radical (unpaired) electrons. The summed E-state index contributed by atoms with van der Waals surface area (Å²) in [5, 5.41) is 7.85. The topological polar surface area (TPSA) is 13.1 Å². The minimum Gasteiger partial charge on any atom is -0.455 e. The largest absolute Gasteiger partial charge is 0.455 e. The Balaban J connectivity index is 1.52. The molecule has 0 saturated carbocycles. The van der Waals surface area contributed by atoms with E-state index in [0.29, 0.717) is 5.56 Å². The molecule has 0 bridgehead atoms. The van der Waals surface area contributed by atoms with Crippen molar-refractivity contribution in [3.8, 4) is 22.3 Å². The molecule has 0 aliphatic heterocycles. The maximum atomic E-state index is 8.88. The number of rotatable bonds is 2. The normalized spacial score (nSPS) is 13.8. The molecular weight excluding hydrogens is 504 g/mol.